The minimum absolute atomic E-state index is 0.584. The van der Waals surface area contributed by atoms with Crippen LogP contribution in [0.25, 0.3) is 0 Å². The van der Waals surface area contributed by atoms with E-state index >= 15 is 0 Å². The zero-order chi connectivity index (χ0) is 11.4. The quantitative estimate of drug-likeness (QED) is 0.777. The molecule has 2 aromatic rings. The van der Waals surface area contributed by atoms with Gasteiger partial charge in [0.15, 0.2) is 6.29 Å². The SMILES string of the molecule is O=Cc1ccc(Sc2ccc(Cl)cc2)nc1. The average molecular weight is 250 g/mol. The molecule has 0 aliphatic rings. The Balaban J connectivity index is 2.14. The van der Waals surface area contributed by atoms with Gasteiger partial charge in [0, 0.05) is 21.7 Å². The lowest BCUT2D eigenvalue weighted by Gasteiger charge is -2.00. The number of pyridine rings is 1. The lowest BCUT2D eigenvalue weighted by molar-refractivity contribution is 0.112. The summed E-state index contributed by atoms with van der Waals surface area (Å²) >= 11 is 7.32. The molecule has 1 heterocycles. The van der Waals surface area contributed by atoms with Gasteiger partial charge >= 0.3 is 0 Å². The highest BCUT2D eigenvalue weighted by Gasteiger charge is 1.99. The largest absolute Gasteiger partial charge is 0.298 e. The van der Waals surface area contributed by atoms with E-state index in [1.165, 1.54) is 11.8 Å². The Morgan fingerprint density at radius 3 is 2.44 bits per heavy atom. The predicted octanol–water partition coefficient (Wildman–Crippen LogP) is 3.70. The van der Waals surface area contributed by atoms with Crippen LogP contribution in [0.2, 0.25) is 5.02 Å². The maximum Gasteiger partial charge on any atom is 0.151 e. The molecule has 1 aromatic carbocycles. The van der Waals surface area contributed by atoms with Gasteiger partial charge in [0.05, 0.1) is 0 Å². The Morgan fingerprint density at radius 2 is 1.88 bits per heavy atom. The lowest BCUT2D eigenvalue weighted by Crippen LogP contribution is -1.83. The molecule has 0 aliphatic heterocycles. The first-order chi connectivity index (χ1) is 7.78. The van der Waals surface area contributed by atoms with E-state index in [9.17, 15) is 4.79 Å². The van der Waals surface area contributed by atoms with Gasteiger partial charge in [0.25, 0.3) is 0 Å². The second kappa shape index (κ2) is 5.14. The fourth-order valence-corrected chi connectivity index (χ4v) is 2.03. The number of carbonyl (C=O) groups is 1. The molecule has 2 nitrogen and oxygen atoms in total. The van der Waals surface area contributed by atoms with Crippen LogP contribution < -0.4 is 0 Å². The van der Waals surface area contributed by atoms with Crippen LogP contribution in [0.4, 0.5) is 0 Å². The van der Waals surface area contributed by atoms with Crippen molar-refractivity contribution in [2.24, 2.45) is 0 Å². The number of hydrogen-bond acceptors (Lipinski definition) is 3. The van der Waals surface area contributed by atoms with E-state index in [0.717, 1.165) is 16.2 Å². The third-order valence-electron chi connectivity index (χ3n) is 1.93. The summed E-state index contributed by atoms with van der Waals surface area (Å²) in [5, 5.41) is 1.57. The van der Waals surface area contributed by atoms with E-state index in [1.54, 1.807) is 12.3 Å². The van der Waals surface area contributed by atoms with Gasteiger partial charge in [0.1, 0.15) is 5.03 Å². The van der Waals surface area contributed by atoms with Gasteiger partial charge in [-0.1, -0.05) is 23.4 Å². The van der Waals surface area contributed by atoms with Gasteiger partial charge in [-0.3, -0.25) is 4.79 Å². The van der Waals surface area contributed by atoms with E-state index in [1.807, 2.05) is 30.3 Å². The third-order valence-corrected chi connectivity index (χ3v) is 3.14. The molecular weight excluding hydrogens is 242 g/mol. The summed E-state index contributed by atoms with van der Waals surface area (Å²) in [5.41, 5.74) is 0.584. The number of rotatable bonds is 3. The van der Waals surface area contributed by atoms with Crippen molar-refractivity contribution in [2.75, 3.05) is 0 Å². The lowest BCUT2D eigenvalue weighted by atomic mass is 10.3. The van der Waals surface area contributed by atoms with E-state index in [4.69, 9.17) is 11.6 Å². The number of aromatic nitrogens is 1. The van der Waals surface area contributed by atoms with Crippen LogP contribution in [-0.2, 0) is 0 Å². The first-order valence-corrected chi connectivity index (χ1v) is 5.82. The van der Waals surface area contributed by atoms with Crippen LogP contribution in [0.5, 0.6) is 0 Å². The molecule has 0 spiro atoms. The monoisotopic (exact) mass is 249 g/mol. The Labute approximate surface area is 103 Å². The highest BCUT2D eigenvalue weighted by molar-refractivity contribution is 7.99. The second-order valence-corrected chi connectivity index (χ2v) is 4.63. The summed E-state index contributed by atoms with van der Waals surface area (Å²) < 4.78 is 0. The highest BCUT2D eigenvalue weighted by Crippen LogP contribution is 2.26. The van der Waals surface area contributed by atoms with Crippen molar-refractivity contribution < 1.29 is 4.79 Å². The molecular formula is C12H8ClNOS. The van der Waals surface area contributed by atoms with Crippen molar-refractivity contribution in [3.8, 4) is 0 Å². The van der Waals surface area contributed by atoms with Crippen molar-refractivity contribution in [3.05, 3.63) is 53.2 Å². The highest BCUT2D eigenvalue weighted by atomic mass is 35.5. The number of nitrogens with zero attached hydrogens (tertiary/aromatic N) is 1. The van der Waals surface area contributed by atoms with Crippen molar-refractivity contribution in [1.29, 1.82) is 0 Å². The second-order valence-electron chi connectivity index (χ2n) is 3.10. The van der Waals surface area contributed by atoms with Crippen molar-refractivity contribution >= 4 is 29.6 Å². The molecule has 16 heavy (non-hydrogen) atoms. The standard InChI is InChI=1S/C12H8ClNOS/c13-10-2-4-11(5-3-10)16-12-6-1-9(8-15)7-14-12/h1-8H. The molecule has 1 aromatic heterocycles. The zero-order valence-electron chi connectivity index (χ0n) is 8.26. The molecule has 2 rings (SSSR count). The number of hydrogen-bond donors (Lipinski definition) is 0. The summed E-state index contributed by atoms with van der Waals surface area (Å²) in [5.74, 6) is 0. The van der Waals surface area contributed by atoms with Crippen LogP contribution in [0.15, 0.2) is 52.5 Å². The Kier molecular flexibility index (Phi) is 3.59. The molecule has 0 atom stereocenters. The topological polar surface area (TPSA) is 30.0 Å². The van der Waals surface area contributed by atoms with Gasteiger partial charge < -0.3 is 0 Å². The molecule has 80 valence electrons. The molecule has 0 saturated carbocycles. The molecule has 0 aliphatic carbocycles. The molecule has 0 bridgehead atoms. The first kappa shape index (κ1) is 11.2. The molecule has 0 radical (unpaired) electrons. The van der Waals surface area contributed by atoms with E-state index in [2.05, 4.69) is 4.98 Å². The minimum atomic E-state index is 0.584. The fourth-order valence-electron chi connectivity index (χ4n) is 1.15. The summed E-state index contributed by atoms with van der Waals surface area (Å²) in [6, 6.07) is 11.1. The van der Waals surface area contributed by atoms with Gasteiger partial charge in [-0.15, -0.1) is 0 Å². The molecule has 0 unspecified atom stereocenters. The Hall–Kier alpha value is -1.32. The average Bonchev–Trinajstić information content (AvgIpc) is 2.33. The molecule has 4 heteroatoms. The Bertz CT molecular complexity index is 481. The third kappa shape index (κ3) is 2.84. The summed E-state index contributed by atoms with van der Waals surface area (Å²) in [4.78, 5) is 15.7. The number of aldehydes is 1. The summed E-state index contributed by atoms with van der Waals surface area (Å²) in [7, 11) is 0. The zero-order valence-corrected chi connectivity index (χ0v) is 9.83. The molecule has 0 saturated heterocycles. The minimum Gasteiger partial charge on any atom is -0.298 e. The van der Waals surface area contributed by atoms with Crippen molar-refractivity contribution in [3.63, 3.8) is 0 Å². The summed E-state index contributed by atoms with van der Waals surface area (Å²) in [6.07, 6.45) is 2.34. The molecule has 0 amide bonds. The smallest absolute Gasteiger partial charge is 0.151 e. The number of benzene rings is 1. The van der Waals surface area contributed by atoms with Gasteiger partial charge in [-0.25, -0.2) is 4.98 Å². The van der Waals surface area contributed by atoms with Crippen molar-refractivity contribution in [1.82, 2.24) is 4.98 Å². The molecule has 0 fully saturated rings. The van der Waals surface area contributed by atoms with E-state index in [0.29, 0.717) is 10.6 Å². The van der Waals surface area contributed by atoms with Crippen LogP contribution in [0.1, 0.15) is 10.4 Å². The first-order valence-electron chi connectivity index (χ1n) is 4.62. The number of halogens is 1. The van der Waals surface area contributed by atoms with Crippen LogP contribution in [-0.4, -0.2) is 11.3 Å². The molecule has 0 N–H and O–H groups in total. The van der Waals surface area contributed by atoms with Gasteiger partial charge in [-0.05, 0) is 36.4 Å². The van der Waals surface area contributed by atoms with Crippen LogP contribution in [0, 0.1) is 0 Å². The van der Waals surface area contributed by atoms with E-state index < -0.39 is 0 Å². The Morgan fingerprint density at radius 1 is 1.12 bits per heavy atom. The van der Waals surface area contributed by atoms with Gasteiger partial charge in [-0.2, -0.15) is 0 Å². The predicted molar refractivity (Wildman–Crippen MR) is 65.2 cm³/mol. The normalized spacial score (nSPS) is 10.1. The van der Waals surface area contributed by atoms with Crippen LogP contribution >= 0.6 is 23.4 Å². The van der Waals surface area contributed by atoms with Crippen molar-refractivity contribution in [2.45, 2.75) is 9.92 Å². The summed E-state index contributed by atoms with van der Waals surface area (Å²) in [6.45, 7) is 0. The van der Waals surface area contributed by atoms with Crippen LogP contribution in [0.3, 0.4) is 0 Å². The van der Waals surface area contributed by atoms with E-state index in [-0.39, 0.29) is 0 Å². The number of carbonyl (C=O) groups excluding carboxylic acids is 1. The maximum absolute atomic E-state index is 10.5. The van der Waals surface area contributed by atoms with Gasteiger partial charge in [0.2, 0.25) is 0 Å². The fraction of sp³-hybridized carbons (Fsp3) is 0. The maximum atomic E-state index is 10.5.